The molecule has 0 fully saturated rings. The molecule has 0 aliphatic carbocycles. The number of fused-ring (bicyclic) bond motifs is 3. The Morgan fingerprint density at radius 2 is 1.96 bits per heavy atom. The van der Waals surface area contributed by atoms with E-state index in [0.717, 1.165) is 28.3 Å². The molecule has 0 bridgehead atoms. The van der Waals surface area contributed by atoms with Crippen molar-refractivity contribution >= 4 is 34.3 Å². The number of carbonyl (C=O) groups excluding carboxylic acids is 1. The van der Waals surface area contributed by atoms with Gasteiger partial charge in [0.15, 0.2) is 5.65 Å². The average Bonchev–Trinajstić information content (AvgIpc) is 3.05. The summed E-state index contributed by atoms with van der Waals surface area (Å²) in [5, 5.41) is 12.4. The van der Waals surface area contributed by atoms with E-state index in [4.69, 9.17) is 4.98 Å². The maximum Gasteiger partial charge on any atom is 0.230 e. The van der Waals surface area contributed by atoms with Crippen molar-refractivity contribution < 1.29 is 4.79 Å². The molecule has 26 heavy (non-hydrogen) atoms. The number of para-hydroxylation sites is 2. The van der Waals surface area contributed by atoms with Gasteiger partial charge in [-0.2, -0.15) is 0 Å². The topological polar surface area (TPSA) is 72.2 Å². The third-order valence-corrected chi connectivity index (χ3v) is 5.08. The second-order valence-electron chi connectivity index (χ2n) is 7.10. The van der Waals surface area contributed by atoms with Crippen LogP contribution in [0.2, 0.25) is 0 Å². The number of rotatable bonds is 7. The van der Waals surface area contributed by atoms with Gasteiger partial charge in [0.05, 0.1) is 16.8 Å². The van der Waals surface area contributed by atoms with Gasteiger partial charge in [-0.15, -0.1) is 10.2 Å². The zero-order valence-electron chi connectivity index (χ0n) is 15.7. The third-order valence-electron chi connectivity index (χ3n) is 4.12. The smallest absolute Gasteiger partial charge is 0.230 e. The minimum absolute atomic E-state index is 0.0207. The molecular formula is C19H25N5OS. The van der Waals surface area contributed by atoms with Gasteiger partial charge in [0.2, 0.25) is 5.91 Å². The summed E-state index contributed by atoms with van der Waals surface area (Å²) in [6.45, 7) is 9.20. The first kappa shape index (κ1) is 18.6. The first-order chi connectivity index (χ1) is 12.5. The molecule has 0 saturated carbocycles. The van der Waals surface area contributed by atoms with Crippen LogP contribution in [0.1, 0.15) is 45.9 Å². The van der Waals surface area contributed by atoms with Crippen molar-refractivity contribution in [3.05, 3.63) is 30.1 Å². The summed E-state index contributed by atoms with van der Waals surface area (Å²) in [6, 6.07) is 7.96. The molecule has 0 aliphatic rings. The number of amides is 1. The number of carbonyl (C=O) groups is 1. The lowest BCUT2D eigenvalue weighted by molar-refractivity contribution is -0.118. The first-order valence-electron chi connectivity index (χ1n) is 9.00. The Bertz CT molecular complexity index is 919. The van der Waals surface area contributed by atoms with E-state index in [1.165, 1.54) is 11.8 Å². The van der Waals surface area contributed by atoms with Gasteiger partial charge in [0.1, 0.15) is 10.9 Å². The van der Waals surface area contributed by atoms with E-state index in [1.807, 2.05) is 24.3 Å². The highest BCUT2D eigenvalue weighted by atomic mass is 32.2. The Kier molecular flexibility index (Phi) is 5.76. The van der Waals surface area contributed by atoms with Gasteiger partial charge in [-0.1, -0.05) is 51.6 Å². The van der Waals surface area contributed by atoms with Crippen LogP contribution in [0.15, 0.2) is 29.3 Å². The highest BCUT2D eigenvalue weighted by Crippen LogP contribution is 2.27. The normalized spacial score (nSPS) is 11.8. The fraction of sp³-hybridized carbons (Fsp3) is 0.474. The molecule has 0 unspecified atom stereocenters. The zero-order valence-corrected chi connectivity index (χ0v) is 16.5. The van der Waals surface area contributed by atoms with Crippen LogP contribution in [0.3, 0.4) is 0 Å². The number of hydrogen-bond acceptors (Lipinski definition) is 5. The lowest BCUT2D eigenvalue weighted by Crippen LogP contribution is -2.27. The van der Waals surface area contributed by atoms with Crippen LogP contribution in [-0.2, 0) is 4.79 Å². The highest BCUT2D eigenvalue weighted by Gasteiger charge is 2.17. The van der Waals surface area contributed by atoms with Crippen LogP contribution in [0.5, 0.6) is 0 Å². The second-order valence-corrected chi connectivity index (χ2v) is 8.06. The van der Waals surface area contributed by atoms with Gasteiger partial charge in [0.25, 0.3) is 0 Å². The predicted molar refractivity (Wildman–Crippen MR) is 106 cm³/mol. The third kappa shape index (κ3) is 3.98. The standard InChI is InChI=1S/C19H25N5OS/c1-12(2)9-10-20-16(25)11-26-19-18-23-22-17(13(3)4)24(18)15-8-6-5-7-14(15)21-19/h5-8,12-13H,9-11H2,1-4H3,(H,20,25). The molecule has 1 N–H and O–H groups in total. The molecule has 2 heterocycles. The van der Waals surface area contributed by atoms with Gasteiger partial charge in [-0.3, -0.25) is 9.20 Å². The summed E-state index contributed by atoms with van der Waals surface area (Å²) in [6.07, 6.45) is 0.983. The molecule has 1 aromatic carbocycles. The van der Waals surface area contributed by atoms with Crippen LogP contribution in [0, 0.1) is 5.92 Å². The van der Waals surface area contributed by atoms with Crippen LogP contribution < -0.4 is 5.32 Å². The lowest BCUT2D eigenvalue weighted by Gasteiger charge is -2.10. The number of aromatic nitrogens is 4. The van der Waals surface area contributed by atoms with Crippen LogP contribution in [0.4, 0.5) is 0 Å². The van der Waals surface area contributed by atoms with E-state index >= 15 is 0 Å². The van der Waals surface area contributed by atoms with Gasteiger partial charge in [0, 0.05) is 12.5 Å². The molecule has 0 atom stereocenters. The van der Waals surface area contributed by atoms with Crippen molar-refractivity contribution in [2.75, 3.05) is 12.3 Å². The van der Waals surface area contributed by atoms with Crippen molar-refractivity contribution in [1.82, 2.24) is 24.9 Å². The number of benzene rings is 1. The van der Waals surface area contributed by atoms with Gasteiger partial charge < -0.3 is 5.32 Å². The van der Waals surface area contributed by atoms with Crippen molar-refractivity contribution in [2.45, 2.75) is 45.1 Å². The SMILES string of the molecule is CC(C)CCNC(=O)CSc1nc2ccccc2n2c(C(C)C)nnc12. The number of thioether (sulfide) groups is 1. The molecule has 0 spiro atoms. The number of nitrogens with one attached hydrogen (secondary N) is 1. The zero-order chi connectivity index (χ0) is 18.7. The monoisotopic (exact) mass is 371 g/mol. The van der Waals surface area contributed by atoms with Crippen molar-refractivity contribution in [3.63, 3.8) is 0 Å². The molecule has 7 heteroatoms. The Hall–Kier alpha value is -2.15. The van der Waals surface area contributed by atoms with Crippen LogP contribution >= 0.6 is 11.8 Å². The Balaban J connectivity index is 1.87. The lowest BCUT2D eigenvalue weighted by atomic mass is 10.1. The minimum Gasteiger partial charge on any atom is -0.355 e. The quantitative estimate of drug-likeness (QED) is 0.642. The fourth-order valence-corrected chi connectivity index (χ4v) is 3.53. The molecular weight excluding hydrogens is 346 g/mol. The van der Waals surface area contributed by atoms with Crippen molar-refractivity contribution in [3.8, 4) is 0 Å². The second kappa shape index (κ2) is 8.03. The summed E-state index contributed by atoms with van der Waals surface area (Å²) in [5.41, 5.74) is 2.58. The Morgan fingerprint density at radius 3 is 2.69 bits per heavy atom. The van der Waals surface area contributed by atoms with Crippen LogP contribution in [-0.4, -0.2) is 37.8 Å². The van der Waals surface area contributed by atoms with E-state index in [9.17, 15) is 4.79 Å². The molecule has 6 nitrogen and oxygen atoms in total. The van der Waals surface area contributed by atoms with E-state index in [1.54, 1.807) is 0 Å². The molecule has 0 radical (unpaired) electrons. The Labute approximate surface area is 157 Å². The maximum absolute atomic E-state index is 12.1. The van der Waals surface area contributed by atoms with Gasteiger partial charge >= 0.3 is 0 Å². The van der Waals surface area contributed by atoms with E-state index in [2.05, 4.69) is 47.6 Å². The fourth-order valence-electron chi connectivity index (χ4n) is 2.74. The maximum atomic E-state index is 12.1. The highest BCUT2D eigenvalue weighted by molar-refractivity contribution is 8.00. The molecule has 3 aromatic rings. The van der Waals surface area contributed by atoms with Crippen molar-refractivity contribution in [2.24, 2.45) is 5.92 Å². The summed E-state index contributed by atoms with van der Waals surface area (Å²) in [4.78, 5) is 16.8. The minimum atomic E-state index is 0.0207. The molecule has 2 aromatic heterocycles. The van der Waals surface area contributed by atoms with Gasteiger partial charge in [-0.05, 0) is 24.5 Å². The van der Waals surface area contributed by atoms with E-state index in [-0.39, 0.29) is 11.8 Å². The summed E-state index contributed by atoms with van der Waals surface area (Å²) in [7, 11) is 0. The summed E-state index contributed by atoms with van der Waals surface area (Å²) >= 11 is 1.41. The predicted octanol–water partition coefficient (Wildman–Crippen LogP) is 3.66. The molecule has 138 valence electrons. The summed E-state index contributed by atoms with van der Waals surface area (Å²) < 4.78 is 2.06. The number of hydrogen-bond donors (Lipinski definition) is 1. The largest absolute Gasteiger partial charge is 0.355 e. The van der Waals surface area contributed by atoms with E-state index < -0.39 is 0 Å². The van der Waals surface area contributed by atoms with Crippen LogP contribution in [0.25, 0.3) is 16.7 Å². The number of nitrogens with zero attached hydrogens (tertiary/aromatic N) is 4. The van der Waals surface area contributed by atoms with E-state index in [0.29, 0.717) is 23.9 Å². The molecule has 3 rings (SSSR count). The average molecular weight is 372 g/mol. The van der Waals surface area contributed by atoms with Crippen molar-refractivity contribution in [1.29, 1.82) is 0 Å². The summed E-state index contributed by atoms with van der Waals surface area (Å²) in [5.74, 6) is 2.07. The molecule has 0 saturated heterocycles. The van der Waals surface area contributed by atoms with Gasteiger partial charge in [-0.25, -0.2) is 4.98 Å². The molecule has 1 amide bonds. The first-order valence-corrected chi connectivity index (χ1v) is 9.99. The molecule has 0 aliphatic heterocycles. The Morgan fingerprint density at radius 1 is 1.19 bits per heavy atom.